The van der Waals surface area contributed by atoms with E-state index in [2.05, 4.69) is 16.0 Å². The van der Waals surface area contributed by atoms with Gasteiger partial charge in [-0.25, -0.2) is 4.98 Å². The van der Waals surface area contributed by atoms with Crippen molar-refractivity contribution in [1.29, 1.82) is 5.26 Å². The summed E-state index contributed by atoms with van der Waals surface area (Å²) in [5, 5.41) is 10.7. The summed E-state index contributed by atoms with van der Waals surface area (Å²) >= 11 is 1.63. The minimum Gasteiger partial charge on any atom is -0.383 e. The molecule has 5 nitrogen and oxygen atoms in total. The fraction of sp³-hybridized carbons (Fsp3) is 0.500. The summed E-state index contributed by atoms with van der Waals surface area (Å²) in [6.45, 7) is 3.02. The molecule has 2 rings (SSSR count). The summed E-state index contributed by atoms with van der Waals surface area (Å²) in [7, 11) is 1.69. The standard InChI is InChI=1S/C12H16N4OS/c1-17-7-5-15(4-2-3-13)9-11-10-16-6-8-18-12(16)14-11/h6,8,10H,2,4-5,7,9H2,1H3. The number of rotatable bonds is 7. The molecule has 0 aliphatic carbocycles. The van der Waals surface area contributed by atoms with E-state index in [1.54, 1.807) is 18.4 Å². The van der Waals surface area contributed by atoms with Crippen LogP contribution in [0.4, 0.5) is 0 Å². The Morgan fingerprint density at radius 1 is 1.56 bits per heavy atom. The van der Waals surface area contributed by atoms with Crippen LogP contribution >= 0.6 is 11.3 Å². The molecule has 2 aromatic heterocycles. The molecule has 0 aliphatic heterocycles. The number of methoxy groups -OCH3 is 1. The molecule has 0 radical (unpaired) electrons. The zero-order valence-corrected chi connectivity index (χ0v) is 11.2. The quantitative estimate of drug-likeness (QED) is 0.764. The Morgan fingerprint density at radius 2 is 2.44 bits per heavy atom. The maximum absolute atomic E-state index is 8.66. The minimum absolute atomic E-state index is 0.534. The first-order chi connectivity index (χ1) is 8.83. The Hall–Kier alpha value is -1.42. The van der Waals surface area contributed by atoms with Crippen molar-refractivity contribution < 1.29 is 4.74 Å². The molecule has 0 aliphatic rings. The molecule has 0 bridgehead atoms. The number of hydrogen-bond acceptors (Lipinski definition) is 5. The van der Waals surface area contributed by atoms with Gasteiger partial charge in [-0.2, -0.15) is 5.26 Å². The van der Waals surface area contributed by atoms with Crippen LogP contribution in [0, 0.1) is 11.3 Å². The third kappa shape index (κ3) is 3.29. The van der Waals surface area contributed by atoms with Crippen molar-refractivity contribution >= 4 is 16.3 Å². The fourth-order valence-corrected chi connectivity index (χ4v) is 2.50. The second-order valence-corrected chi connectivity index (χ2v) is 4.88. The molecule has 2 heterocycles. The van der Waals surface area contributed by atoms with E-state index in [1.807, 2.05) is 22.2 Å². The summed E-state index contributed by atoms with van der Waals surface area (Å²) < 4.78 is 7.11. The van der Waals surface area contributed by atoms with Gasteiger partial charge in [0.25, 0.3) is 0 Å². The molecule has 6 heteroatoms. The monoisotopic (exact) mass is 264 g/mol. The first-order valence-electron chi connectivity index (χ1n) is 5.83. The van der Waals surface area contributed by atoms with Gasteiger partial charge >= 0.3 is 0 Å². The highest BCUT2D eigenvalue weighted by atomic mass is 32.1. The smallest absolute Gasteiger partial charge is 0.193 e. The molecule has 0 amide bonds. The van der Waals surface area contributed by atoms with E-state index in [0.29, 0.717) is 13.0 Å². The lowest BCUT2D eigenvalue weighted by molar-refractivity contribution is 0.145. The molecular formula is C12H16N4OS. The van der Waals surface area contributed by atoms with Crippen molar-refractivity contribution in [2.75, 3.05) is 26.8 Å². The van der Waals surface area contributed by atoms with Crippen molar-refractivity contribution in [2.45, 2.75) is 13.0 Å². The summed E-state index contributed by atoms with van der Waals surface area (Å²) in [5.74, 6) is 0. The first kappa shape index (κ1) is 13.0. The number of nitriles is 1. The summed E-state index contributed by atoms with van der Waals surface area (Å²) in [4.78, 5) is 7.75. The second kappa shape index (κ2) is 6.50. The predicted octanol–water partition coefficient (Wildman–Crippen LogP) is 1.76. The largest absolute Gasteiger partial charge is 0.383 e. The van der Waals surface area contributed by atoms with Crippen LogP contribution in [0.1, 0.15) is 12.1 Å². The Labute approximate surface area is 110 Å². The molecule has 2 aromatic rings. The topological polar surface area (TPSA) is 53.6 Å². The number of aromatic nitrogens is 2. The number of hydrogen-bond donors (Lipinski definition) is 0. The normalized spacial score (nSPS) is 11.2. The summed E-state index contributed by atoms with van der Waals surface area (Å²) in [6.07, 6.45) is 4.58. The lowest BCUT2D eigenvalue weighted by Crippen LogP contribution is -2.28. The van der Waals surface area contributed by atoms with Gasteiger partial charge in [0.15, 0.2) is 4.96 Å². The van der Waals surface area contributed by atoms with Gasteiger partial charge in [0, 0.05) is 50.9 Å². The highest BCUT2D eigenvalue weighted by Gasteiger charge is 2.09. The highest BCUT2D eigenvalue weighted by Crippen LogP contribution is 2.12. The summed E-state index contributed by atoms with van der Waals surface area (Å²) in [6, 6.07) is 2.18. The average molecular weight is 264 g/mol. The van der Waals surface area contributed by atoms with Crippen molar-refractivity contribution in [1.82, 2.24) is 14.3 Å². The molecule has 0 atom stereocenters. The number of fused-ring (bicyclic) bond motifs is 1. The van der Waals surface area contributed by atoms with Crippen molar-refractivity contribution in [3.8, 4) is 6.07 Å². The molecule has 0 aromatic carbocycles. The number of nitrogens with zero attached hydrogens (tertiary/aromatic N) is 4. The van der Waals surface area contributed by atoms with Crippen molar-refractivity contribution in [2.24, 2.45) is 0 Å². The van der Waals surface area contributed by atoms with E-state index in [9.17, 15) is 0 Å². The Balaban J connectivity index is 1.98. The van der Waals surface area contributed by atoms with Crippen LogP contribution in [-0.2, 0) is 11.3 Å². The lowest BCUT2D eigenvalue weighted by atomic mass is 10.3. The van der Waals surface area contributed by atoms with Gasteiger partial charge in [-0.15, -0.1) is 11.3 Å². The van der Waals surface area contributed by atoms with E-state index in [4.69, 9.17) is 10.00 Å². The SMILES string of the molecule is COCCN(CCC#N)Cc1cn2ccsc2n1. The molecule has 0 fully saturated rings. The molecule has 18 heavy (non-hydrogen) atoms. The van der Waals surface area contributed by atoms with E-state index in [-0.39, 0.29) is 0 Å². The third-order valence-corrected chi connectivity index (χ3v) is 3.45. The highest BCUT2D eigenvalue weighted by molar-refractivity contribution is 7.15. The predicted molar refractivity (Wildman–Crippen MR) is 70.5 cm³/mol. The molecule has 0 unspecified atom stereocenters. The van der Waals surface area contributed by atoms with Crippen LogP contribution in [0.2, 0.25) is 0 Å². The van der Waals surface area contributed by atoms with Gasteiger partial charge in [-0.05, 0) is 0 Å². The van der Waals surface area contributed by atoms with Gasteiger partial charge < -0.3 is 4.74 Å². The van der Waals surface area contributed by atoms with E-state index < -0.39 is 0 Å². The van der Waals surface area contributed by atoms with Crippen LogP contribution in [0.15, 0.2) is 17.8 Å². The maximum atomic E-state index is 8.66. The Morgan fingerprint density at radius 3 is 3.17 bits per heavy atom. The van der Waals surface area contributed by atoms with Crippen LogP contribution in [0.3, 0.4) is 0 Å². The van der Waals surface area contributed by atoms with Gasteiger partial charge in [-0.1, -0.05) is 0 Å². The van der Waals surface area contributed by atoms with E-state index >= 15 is 0 Å². The van der Waals surface area contributed by atoms with Crippen LogP contribution in [0.5, 0.6) is 0 Å². The van der Waals surface area contributed by atoms with E-state index in [0.717, 1.165) is 30.3 Å². The molecule has 0 saturated carbocycles. The molecular weight excluding hydrogens is 248 g/mol. The second-order valence-electron chi connectivity index (χ2n) is 4.00. The van der Waals surface area contributed by atoms with Crippen LogP contribution in [-0.4, -0.2) is 41.1 Å². The number of ether oxygens (including phenoxy) is 1. The van der Waals surface area contributed by atoms with Gasteiger partial charge in [0.1, 0.15) is 0 Å². The van der Waals surface area contributed by atoms with E-state index in [1.165, 1.54) is 0 Å². The third-order valence-electron chi connectivity index (χ3n) is 2.68. The molecule has 0 N–H and O–H groups in total. The zero-order chi connectivity index (χ0) is 12.8. The maximum Gasteiger partial charge on any atom is 0.193 e. The van der Waals surface area contributed by atoms with Crippen molar-refractivity contribution in [3.63, 3.8) is 0 Å². The zero-order valence-electron chi connectivity index (χ0n) is 10.4. The lowest BCUT2D eigenvalue weighted by Gasteiger charge is -2.19. The molecule has 96 valence electrons. The van der Waals surface area contributed by atoms with Crippen LogP contribution in [0.25, 0.3) is 4.96 Å². The first-order valence-corrected chi connectivity index (χ1v) is 6.71. The average Bonchev–Trinajstić information content (AvgIpc) is 2.93. The number of thiazole rings is 1. The summed E-state index contributed by atoms with van der Waals surface area (Å²) in [5.41, 5.74) is 1.04. The van der Waals surface area contributed by atoms with Gasteiger partial charge in [0.05, 0.1) is 18.4 Å². The number of imidazole rings is 1. The van der Waals surface area contributed by atoms with Crippen LogP contribution < -0.4 is 0 Å². The van der Waals surface area contributed by atoms with Gasteiger partial charge in [0.2, 0.25) is 0 Å². The molecule has 0 spiro atoms. The van der Waals surface area contributed by atoms with Gasteiger partial charge in [-0.3, -0.25) is 9.30 Å². The fourth-order valence-electron chi connectivity index (χ4n) is 1.78. The Bertz CT molecular complexity index is 499. The van der Waals surface area contributed by atoms with Crippen molar-refractivity contribution in [3.05, 3.63) is 23.5 Å². The minimum atomic E-state index is 0.534. The molecule has 0 saturated heterocycles. The Kier molecular flexibility index (Phi) is 4.70.